The third-order valence-corrected chi connectivity index (χ3v) is 5.00. The molecule has 0 unspecified atom stereocenters. The quantitative estimate of drug-likeness (QED) is 0.575. The van der Waals surface area contributed by atoms with E-state index in [2.05, 4.69) is 15.0 Å². The van der Waals surface area contributed by atoms with Gasteiger partial charge in [0, 0.05) is 12.4 Å². The zero-order valence-electron chi connectivity index (χ0n) is 14.5. The summed E-state index contributed by atoms with van der Waals surface area (Å²) >= 11 is 1.43. The number of benzene rings is 1. The van der Waals surface area contributed by atoms with E-state index in [1.54, 1.807) is 37.6 Å². The smallest absolute Gasteiger partial charge is 0.258 e. The van der Waals surface area contributed by atoms with Gasteiger partial charge in [-0.1, -0.05) is 12.1 Å². The predicted molar refractivity (Wildman–Crippen MR) is 102 cm³/mol. The van der Waals surface area contributed by atoms with Gasteiger partial charge in [0.25, 0.3) is 5.56 Å². The van der Waals surface area contributed by atoms with Crippen LogP contribution in [0.4, 0.5) is 0 Å². The second kappa shape index (κ2) is 7.16. The summed E-state index contributed by atoms with van der Waals surface area (Å²) in [5.41, 5.74) is 1.09. The Morgan fingerprint density at radius 1 is 1.22 bits per heavy atom. The highest BCUT2D eigenvalue weighted by Crippen LogP contribution is 2.24. The molecule has 4 aromatic rings. The number of para-hydroxylation sites is 1. The molecule has 136 valence electrons. The fourth-order valence-electron chi connectivity index (χ4n) is 2.71. The van der Waals surface area contributed by atoms with Gasteiger partial charge in [-0.15, -0.1) is 11.3 Å². The van der Waals surface area contributed by atoms with Gasteiger partial charge >= 0.3 is 0 Å². The van der Waals surface area contributed by atoms with Gasteiger partial charge in [-0.3, -0.25) is 9.59 Å². The molecule has 0 aliphatic carbocycles. The lowest BCUT2D eigenvalue weighted by Gasteiger charge is -2.16. The number of carbonyl (C=O) groups excluding carboxylic acids is 1. The molecule has 0 bridgehead atoms. The van der Waals surface area contributed by atoms with Gasteiger partial charge < -0.3 is 14.3 Å². The van der Waals surface area contributed by atoms with Crippen LogP contribution in [0.1, 0.15) is 11.5 Å². The summed E-state index contributed by atoms with van der Waals surface area (Å²) in [7, 11) is 1.68. The molecule has 3 heterocycles. The number of fused-ring (bicyclic) bond motifs is 1. The van der Waals surface area contributed by atoms with E-state index in [1.165, 1.54) is 16.2 Å². The molecule has 1 N–H and O–H groups in total. The molecule has 0 spiro atoms. The lowest BCUT2D eigenvalue weighted by atomic mass is 10.2. The van der Waals surface area contributed by atoms with Gasteiger partial charge in [0.05, 0.1) is 35.8 Å². The van der Waals surface area contributed by atoms with Crippen LogP contribution in [0.5, 0.6) is 0 Å². The molecule has 0 saturated carbocycles. The summed E-state index contributed by atoms with van der Waals surface area (Å²) in [6, 6.07) is 10.7. The van der Waals surface area contributed by atoms with Crippen LogP contribution in [-0.4, -0.2) is 32.8 Å². The van der Waals surface area contributed by atoms with Gasteiger partial charge in [-0.05, 0) is 24.3 Å². The Balaban J connectivity index is 1.46. The Morgan fingerprint density at radius 2 is 2.07 bits per heavy atom. The van der Waals surface area contributed by atoms with E-state index in [1.807, 2.05) is 17.5 Å². The number of furan rings is 1. The number of thiazole rings is 1. The zero-order chi connectivity index (χ0) is 18.8. The van der Waals surface area contributed by atoms with Crippen molar-refractivity contribution in [2.24, 2.45) is 0 Å². The third-order valence-electron chi connectivity index (χ3n) is 4.09. The normalized spacial score (nSPS) is 11.0. The second-order valence-electron chi connectivity index (χ2n) is 6.08. The van der Waals surface area contributed by atoms with Crippen LogP contribution in [0, 0.1) is 0 Å². The summed E-state index contributed by atoms with van der Waals surface area (Å²) in [5, 5.41) is 3.12. The van der Waals surface area contributed by atoms with E-state index in [9.17, 15) is 9.59 Å². The molecular formula is C19H16N4O3S. The standard InChI is InChI=1S/C19H16N4O3S/c1-23(10-16-21-14-6-3-2-5-13(14)18(25)22-16)17(24)9-12-11-27-19(20-12)15-7-4-8-26-15/h2-8,11H,9-10H2,1H3,(H,21,22,25). The van der Waals surface area contributed by atoms with Crippen LogP contribution in [0.25, 0.3) is 21.7 Å². The topological polar surface area (TPSA) is 92.1 Å². The van der Waals surface area contributed by atoms with E-state index in [0.717, 1.165) is 5.01 Å². The Kier molecular flexibility index (Phi) is 4.55. The average Bonchev–Trinajstić information content (AvgIpc) is 3.33. The average molecular weight is 380 g/mol. The number of nitrogens with zero attached hydrogens (tertiary/aromatic N) is 3. The number of nitrogens with one attached hydrogen (secondary N) is 1. The number of rotatable bonds is 5. The first-order chi connectivity index (χ1) is 13.1. The van der Waals surface area contributed by atoms with E-state index in [-0.39, 0.29) is 24.4 Å². The highest BCUT2D eigenvalue weighted by Gasteiger charge is 2.15. The number of aromatic nitrogens is 3. The molecule has 27 heavy (non-hydrogen) atoms. The molecule has 7 nitrogen and oxygen atoms in total. The molecule has 0 atom stereocenters. The van der Waals surface area contributed by atoms with Crippen molar-refractivity contribution in [3.8, 4) is 10.8 Å². The van der Waals surface area contributed by atoms with Crippen LogP contribution in [0.2, 0.25) is 0 Å². The number of likely N-dealkylation sites (N-methyl/N-ethyl adjacent to an activating group) is 1. The van der Waals surface area contributed by atoms with Gasteiger partial charge in [-0.2, -0.15) is 0 Å². The third kappa shape index (κ3) is 3.65. The molecule has 0 radical (unpaired) electrons. The molecule has 0 saturated heterocycles. The van der Waals surface area contributed by atoms with Crippen molar-refractivity contribution in [2.45, 2.75) is 13.0 Å². The van der Waals surface area contributed by atoms with Gasteiger partial charge in [0.1, 0.15) is 5.82 Å². The van der Waals surface area contributed by atoms with Crippen LogP contribution in [-0.2, 0) is 17.8 Å². The molecule has 0 aliphatic heterocycles. The van der Waals surface area contributed by atoms with Crippen molar-refractivity contribution in [3.05, 3.63) is 69.9 Å². The monoisotopic (exact) mass is 380 g/mol. The highest BCUT2D eigenvalue weighted by atomic mass is 32.1. The predicted octanol–water partition coefficient (Wildman–Crippen LogP) is 2.84. The Labute approximate surface area is 158 Å². The number of H-pyrrole nitrogens is 1. The maximum Gasteiger partial charge on any atom is 0.258 e. The highest BCUT2D eigenvalue weighted by molar-refractivity contribution is 7.13. The first kappa shape index (κ1) is 17.2. The molecule has 0 fully saturated rings. The van der Waals surface area contributed by atoms with Crippen LogP contribution in [0.3, 0.4) is 0 Å². The summed E-state index contributed by atoms with van der Waals surface area (Å²) in [6.45, 7) is 0.216. The molecule has 4 rings (SSSR count). The van der Waals surface area contributed by atoms with Crippen molar-refractivity contribution in [3.63, 3.8) is 0 Å². The van der Waals surface area contributed by atoms with Gasteiger partial charge in [-0.25, -0.2) is 9.97 Å². The van der Waals surface area contributed by atoms with Crippen molar-refractivity contribution < 1.29 is 9.21 Å². The van der Waals surface area contributed by atoms with Crippen molar-refractivity contribution in [1.29, 1.82) is 0 Å². The first-order valence-electron chi connectivity index (χ1n) is 8.30. The summed E-state index contributed by atoms with van der Waals surface area (Å²) in [6.07, 6.45) is 1.76. The van der Waals surface area contributed by atoms with Crippen LogP contribution < -0.4 is 5.56 Å². The van der Waals surface area contributed by atoms with Crippen LogP contribution >= 0.6 is 11.3 Å². The van der Waals surface area contributed by atoms with E-state index >= 15 is 0 Å². The maximum atomic E-state index is 12.5. The summed E-state index contributed by atoms with van der Waals surface area (Å²) in [5.74, 6) is 1.02. The van der Waals surface area contributed by atoms with E-state index in [4.69, 9.17) is 4.42 Å². The van der Waals surface area contributed by atoms with E-state index < -0.39 is 0 Å². The molecule has 1 amide bonds. The first-order valence-corrected chi connectivity index (χ1v) is 9.18. The zero-order valence-corrected chi connectivity index (χ0v) is 15.3. The van der Waals surface area contributed by atoms with Gasteiger partial charge in [0.2, 0.25) is 5.91 Å². The SMILES string of the molecule is CN(Cc1nc2ccccc2c(=O)[nH]1)C(=O)Cc1csc(-c2ccco2)n1. The number of hydrogen-bond donors (Lipinski definition) is 1. The summed E-state index contributed by atoms with van der Waals surface area (Å²) in [4.78, 5) is 37.8. The molecular weight excluding hydrogens is 364 g/mol. The molecule has 0 aliphatic rings. The number of hydrogen-bond acceptors (Lipinski definition) is 6. The minimum absolute atomic E-state index is 0.109. The fraction of sp³-hybridized carbons (Fsp3) is 0.158. The molecule has 1 aromatic carbocycles. The summed E-state index contributed by atoms with van der Waals surface area (Å²) < 4.78 is 5.32. The minimum atomic E-state index is -0.209. The Morgan fingerprint density at radius 3 is 2.89 bits per heavy atom. The fourth-order valence-corrected chi connectivity index (χ4v) is 3.50. The Bertz CT molecular complexity index is 1150. The van der Waals surface area contributed by atoms with Gasteiger partial charge in [0.15, 0.2) is 10.8 Å². The molecule has 8 heteroatoms. The maximum absolute atomic E-state index is 12.5. The second-order valence-corrected chi connectivity index (χ2v) is 6.94. The van der Waals surface area contributed by atoms with Crippen LogP contribution in [0.15, 0.2) is 57.3 Å². The minimum Gasteiger partial charge on any atom is -0.462 e. The van der Waals surface area contributed by atoms with Crippen molar-refractivity contribution in [2.75, 3.05) is 7.05 Å². The lowest BCUT2D eigenvalue weighted by Crippen LogP contribution is -2.29. The van der Waals surface area contributed by atoms with E-state index in [0.29, 0.717) is 28.2 Å². The Hall–Kier alpha value is -3.26. The van der Waals surface area contributed by atoms with Crippen molar-refractivity contribution >= 4 is 28.1 Å². The lowest BCUT2D eigenvalue weighted by molar-refractivity contribution is -0.129. The van der Waals surface area contributed by atoms with Crippen molar-refractivity contribution in [1.82, 2.24) is 19.9 Å². The largest absolute Gasteiger partial charge is 0.462 e. The number of aromatic amines is 1. The molecule has 3 aromatic heterocycles. The number of amides is 1. The number of carbonyl (C=O) groups is 1.